The summed E-state index contributed by atoms with van der Waals surface area (Å²) in [5.41, 5.74) is 0.960. The van der Waals surface area contributed by atoms with E-state index in [0.717, 1.165) is 24.3 Å². The van der Waals surface area contributed by atoms with Crippen LogP contribution < -0.4 is 5.32 Å². The normalized spacial score (nSPS) is 12.1. The number of hydrogen-bond acceptors (Lipinski definition) is 8. The molecule has 0 aliphatic rings. The molecule has 0 aliphatic heterocycles. The van der Waals surface area contributed by atoms with E-state index in [-0.39, 0.29) is 11.6 Å². The van der Waals surface area contributed by atoms with Crippen LogP contribution in [0.4, 0.5) is 36.2 Å². The molecule has 4 aromatic rings. The molecule has 36 heavy (non-hydrogen) atoms. The van der Waals surface area contributed by atoms with Crippen LogP contribution in [-0.4, -0.2) is 28.0 Å². The summed E-state index contributed by atoms with van der Waals surface area (Å²) in [6.07, 6.45) is -2.98. The maximum Gasteiger partial charge on any atom is 0.416 e. The van der Waals surface area contributed by atoms with Crippen LogP contribution in [0.25, 0.3) is 11.3 Å². The Morgan fingerprint density at radius 1 is 0.917 bits per heavy atom. The van der Waals surface area contributed by atoms with Crippen molar-refractivity contribution in [3.63, 3.8) is 0 Å². The number of nitrogens with one attached hydrogen (secondary N) is 1. The van der Waals surface area contributed by atoms with Gasteiger partial charge in [0.1, 0.15) is 10.6 Å². The zero-order chi connectivity index (χ0) is 25.9. The van der Waals surface area contributed by atoms with Gasteiger partial charge in [-0.25, -0.2) is 9.97 Å². The molecular weight excluding hydrogens is 499 g/mol. The zero-order valence-corrected chi connectivity index (χ0v) is 18.9. The molecular formula is C23H16F3N5O4S. The molecule has 0 atom stereocenters. The average molecular weight is 515 g/mol. The van der Waals surface area contributed by atoms with Crippen molar-refractivity contribution < 1.29 is 31.2 Å². The van der Waals surface area contributed by atoms with Crippen LogP contribution in [0.2, 0.25) is 0 Å². The molecule has 13 heteroatoms. The SMILES string of the molecule is O=S(=O)(O)c1cc(N=Nc2ccccc2-c2ccnc(Nc3ccc(C(F)(F)F)cc3)n2)ccc1O. The second-order valence-corrected chi connectivity index (χ2v) is 8.70. The number of hydrogen-bond donors (Lipinski definition) is 3. The Bertz CT molecular complexity index is 1540. The maximum atomic E-state index is 12.8. The fourth-order valence-electron chi connectivity index (χ4n) is 3.10. The van der Waals surface area contributed by atoms with Crippen LogP contribution in [0.1, 0.15) is 5.56 Å². The zero-order valence-electron chi connectivity index (χ0n) is 18.0. The Morgan fingerprint density at radius 3 is 2.33 bits per heavy atom. The van der Waals surface area contributed by atoms with Gasteiger partial charge in [0.05, 0.1) is 22.6 Å². The van der Waals surface area contributed by atoms with Gasteiger partial charge in [-0.2, -0.15) is 26.7 Å². The summed E-state index contributed by atoms with van der Waals surface area (Å²) in [5.74, 6) is -0.499. The Hall–Kier alpha value is -4.36. The first-order valence-corrected chi connectivity index (χ1v) is 11.5. The number of rotatable bonds is 6. The molecule has 1 aromatic heterocycles. The van der Waals surface area contributed by atoms with Gasteiger partial charge in [-0.05, 0) is 54.6 Å². The van der Waals surface area contributed by atoms with Crippen molar-refractivity contribution in [2.24, 2.45) is 10.2 Å². The third kappa shape index (κ3) is 5.82. The Kier molecular flexibility index (Phi) is 6.68. The van der Waals surface area contributed by atoms with Gasteiger partial charge in [-0.3, -0.25) is 4.55 Å². The number of aromatic hydroxyl groups is 1. The minimum Gasteiger partial charge on any atom is -0.506 e. The molecule has 0 spiro atoms. The van der Waals surface area contributed by atoms with Gasteiger partial charge in [-0.15, -0.1) is 5.11 Å². The van der Waals surface area contributed by atoms with Gasteiger partial charge in [0, 0.05) is 17.4 Å². The van der Waals surface area contributed by atoms with Crippen LogP contribution in [0.3, 0.4) is 0 Å². The highest BCUT2D eigenvalue weighted by atomic mass is 32.2. The number of azo groups is 1. The van der Waals surface area contributed by atoms with Gasteiger partial charge in [-0.1, -0.05) is 18.2 Å². The van der Waals surface area contributed by atoms with Crippen molar-refractivity contribution in [3.8, 4) is 17.0 Å². The molecule has 3 N–H and O–H groups in total. The van der Waals surface area contributed by atoms with E-state index < -0.39 is 32.5 Å². The summed E-state index contributed by atoms with van der Waals surface area (Å²) in [7, 11) is -4.66. The molecule has 1 heterocycles. The monoisotopic (exact) mass is 515 g/mol. The number of halogens is 3. The van der Waals surface area contributed by atoms with Crippen molar-refractivity contribution in [2.75, 3.05) is 5.32 Å². The quantitative estimate of drug-likeness (QED) is 0.203. The molecule has 0 saturated heterocycles. The van der Waals surface area contributed by atoms with Crippen LogP contribution >= 0.6 is 0 Å². The number of nitrogens with zero attached hydrogens (tertiary/aromatic N) is 4. The third-order valence-corrected chi connectivity index (χ3v) is 5.68. The van der Waals surface area contributed by atoms with E-state index in [1.165, 1.54) is 24.4 Å². The number of phenols is 1. The summed E-state index contributed by atoms with van der Waals surface area (Å²) in [6, 6.07) is 16.1. The van der Waals surface area contributed by atoms with Gasteiger partial charge in [0.25, 0.3) is 10.1 Å². The first kappa shape index (κ1) is 24.8. The van der Waals surface area contributed by atoms with E-state index in [0.29, 0.717) is 22.6 Å². The highest BCUT2D eigenvalue weighted by Gasteiger charge is 2.30. The van der Waals surface area contributed by atoms with Crippen molar-refractivity contribution in [1.82, 2.24) is 9.97 Å². The molecule has 9 nitrogen and oxygen atoms in total. The van der Waals surface area contributed by atoms with Crippen LogP contribution in [0.15, 0.2) is 94.1 Å². The molecule has 0 unspecified atom stereocenters. The lowest BCUT2D eigenvalue weighted by molar-refractivity contribution is -0.137. The Balaban J connectivity index is 1.61. The highest BCUT2D eigenvalue weighted by Crippen LogP contribution is 2.33. The molecule has 0 saturated carbocycles. The second-order valence-electron chi connectivity index (χ2n) is 7.31. The average Bonchev–Trinajstić information content (AvgIpc) is 2.83. The molecule has 0 aliphatic carbocycles. The number of phenolic OH excluding ortho intramolecular Hbond substituents is 1. The van der Waals surface area contributed by atoms with Gasteiger partial charge < -0.3 is 10.4 Å². The van der Waals surface area contributed by atoms with Crippen LogP contribution in [0, 0.1) is 0 Å². The topological polar surface area (TPSA) is 137 Å². The summed E-state index contributed by atoms with van der Waals surface area (Å²) in [4.78, 5) is 7.78. The molecule has 3 aromatic carbocycles. The molecule has 0 fully saturated rings. The summed E-state index contributed by atoms with van der Waals surface area (Å²) < 4.78 is 70.3. The largest absolute Gasteiger partial charge is 0.506 e. The lowest BCUT2D eigenvalue weighted by Gasteiger charge is -2.10. The van der Waals surface area contributed by atoms with E-state index in [2.05, 4.69) is 25.5 Å². The van der Waals surface area contributed by atoms with Crippen molar-refractivity contribution in [2.45, 2.75) is 11.1 Å². The van der Waals surface area contributed by atoms with Gasteiger partial charge >= 0.3 is 6.18 Å². The minimum atomic E-state index is -4.66. The van der Waals surface area contributed by atoms with E-state index in [1.54, 1.807) is 30.3 Å². The van der Waals surface area contributed by atoms with Crippen molar-refractivity contribution in [3.05, 3.63) is 84.6 Å². The van der Waals surface area contributed by atoms with E-state index in [4.69, 9.17) is 0 Å². The van der Waals surface area contributed by atoms with E-state index in [9.17, 15) is 31.2 Å². The molecule has 184 valence electrons. The minimum absolute atomic E-state index is 0.0579. The first-order chi connectivity index (χ1) is 17.0. The first-order valence-electron chi connectivity index (χ1n) is 10.1. The molecule has 0 amide bonds. The lowest BCUT2D eigenvalue weighted by Crippen LogP contribution is -2.04. The standard InChI is InChI=1S/C23H16F3N5O4S/c24-23(25,26)14-5-7-15(8-6-14)28-22-27-12-11-18(29-22)17-3-1-2-4-19(17)31-30-16-9-10-20(32)21(13-16)36(33,34)35/h1-13,32H,(H,27,28,29)(H,33,34,35). The Labute approximate surface area is 202 Å². The maximum absolute atomic E-state index is 12.8. The van der Waals surface area contributed by atoms with E-state index in [1.807, 2.05) is 0 Å². The van der Waals surface area contributed by atoms with Crippen molar-refractivity contribution >= 4 is 33.1 Å². The van der Waals surface area contributed by atoms with E-state index >= 15 is 0 Å². The third-order valence-electron chi connectivity index (χ3n) is 4.80. The second kappa shape index (κ2) is 9.71. The molecule has 4 rings (SSSR count). The smallest absolute Gasteiger partial charge is 0.416 e. The molecule has 0 radical (unpaired) electrons. The highest BCUT2D eigenvalue weighted by molar-refractivity contribution is 7.86. The van der Waals surface area contributed by atoms with Crippen LogP contribution in [0.5, 0.6) is 5.75 Å². The van der Waals surface area contributed by atoms with Crippen molar-refractivity contribution in [1.29, 1.82) is 0 Å². The Morgan fingerprint density at radius 2 is 1.64 bits per heavy atom. The number of anilines is 2. The fraction of sp³-hybridized carbons (Fsp3) is 0.0435. The lowest BCUT2D eigenvalue weighted by atomic mass is 10.1. The van der Waals surface area contributed by atoms with Gasteiger partial charge in [0.15, 0.2) is 0 Å². The predicted octanol–water partition coefficient (Wildman–Crippen LogP) is 6.27. The summed E-state index contributed by atoms with van der Waals surface area (Å²) in [5, 5.41) is 20.6. The number of benzene rings is 3. The van der Waals surface area contributed by atoms with Gasteiger partial charge in [0.2, 0.25) is 5.95 Å². The number of alkyl halides is 3. The predicted molar refractivity (Wildman–Crippen MR) is 124 cm³/mol. The fourth-order valence-corrected chi connectivity index (χ4v) is 3.70. The summed E-state index contributed by atoms with van der Waals surface area (Å²) in [6.45, 7) is 0. The number of aromatic nitrogens is 2. The summed E-state index contributed by atoms with van der Waals surface area (Å²) >= 11 is 0. The molecule has 0 bridgehead atoms. The van der Waals surface area contributed by atoms with Crippen LogP contribution in [-0.2, 0) is 16.3 Å².